The number of aliphatic hydroxyl groups is 2. The molecule has 0 radical (unpaired) electrons. The van der Waals surface area contributed by atoms with Crippen LogP contribution in [0.25, 0.3) is 5.65 Å². The maximum atomic E-state index is 13.3. The van der Waals surface area contributed by atoms with Crippen LogP contribution in [0.3, 0.4) is 0 Å². The molecular formula is C20H24F3N5O2. The molecule has 30 heavy (non-hydrogen) atoms. The molecule has 10 heteroatoms. The number of nitrogens with two attached hydrogens (primary N) is 1. The molecule has 1 aromatic carbocycles. The summed E-state index contributed by atoms with van der Waals surface area (Å²) in [5, 5.41) is 23.6. The molecule has 162 valence electrons. The van der Waals surface area contributed by atoms with Crippen molar-refractivity contribution in [3.63, 3.8) is 0 Å². The molecule has 0 bridgehead atoms. The van der Waals surface area contributed by atoms with E-state index in [4.69, 9.17) is 5.73 Å². The zero-order chi connectivity index (χ0) is 22.1. The molecule has 2 aromatic heterocycles. The van der Waals surface area contributed by atoms with Crippen LogP contribution in [-0.2, 0) is 19.2 Å². The Morgan fingerprint density at radius 2 is 1.97 bits per heavy atom. The van der Waals surface area contributed by atoms with Crippen molar-refractivity contribution < 1.29 is 23.4 Å². The molecule has 0 aliphatic heterocycles. The minimum absolute atomic E-state index is 0.0738. The summed E-state index contributed by atoms with van der Waals surface area (Å²) in [6, 6.07) is 5.65. The summed E-state index contributed by atoms with van der Waals surface area (Å²) < 4.78 is 41.4. The fourth-order valence-corrected chi connectivity index (χ4v) is 3.50. The lowest BCUT2D eigenvalue weighted by molar-refractivity contribution is -0.138. The molecule has 7 nitrogen and oxygen atoms in total. The minimum Gasteiger partial charge on any atom is -0.396 e. The highest BCUT2D eigenvalue weighted by Gasteiger charge is 2.33. The van der Waals surface area contributed by atoms with Crippen molar-refractivity contribution in [1.29, 1.82) is 0 Å². The number of aliphatic hydroxyl groups excluding tert-OH is 2. The van der Waals surface area contributed by atoms with E-state index in [0.717, 1.165) is 6.07 Å². The van der Waals surface area contributed by atoms with E-state index in [0.29, 0.717) is 47.2 Å². The molecule has 3 rings (SSSR count). The third-order valence-electron chi connectivity index (χ3n) is 5.11. The topological polar surface area (TPSA) is 99.9 Å². The summed E-state index contributed by atoms with van der Waals surface area (Å²) in [5.74, 6) is 0.500. The van der Waals surface area contributed by atoms with Crippen molar-refractivity contribution in [2.45, 2.75) is 33.1 Å². The van der Waals surface area contributed by atoms with Crippen LogP contribution in [0.2, 0.25) is 0 Å². The van der Waals surface area contributed by atoms with Crippen molar-refractivity contribution >= 4 is 17.2 Å². The number of nitrogen functional groups attached to an aromatic ring is 1. The summed E-state index contributed by atoms with van der Waals surface area (Å²) in [6.07, 6.45) is -4.37. The third kappa shape index (κ3) is 4.05. The van der Waals surface area contributed by atoms with Crippen LogP contribution in [0.15, 0.2) is 24.3 Å². The highest BCUT2D eigenvalue weighted by molar-refractivity contribution is 5.69. The summed E-state index contributed by atoms with van der Waals surface area (Å²) in [7, 11) is 0. The summed E-state index contributed by atoms with van der Waals surface area (Å²) in [6.45, 7) is 3.76. The maximum absolute atomic E-state index is 13.3. The maximum Gasteiger partial charge on any atom is 0.416 e. The lowest BCUT2D eigenvalue weighted by atomic mass is 9.98. The fraction of sp³-hybridized carbons (Fsp3) is 0.400. The monoisotopic (exact) mass is 423 g/mol. The van der Waals surface area contributed by atoms with Crippen LogP contribution in [0, 0.1) is 6.92 Å². The Morgan fingerprint density at radius 3 is 2.57 bits per heavy atom. The Bertz CT molecular complexity index is 1050. The van der Waals surface area contributed by atoms with Crippen molar-refractivity contribution in [3.05, 3.63) is 52.3 Å². The van der Waals surface area contributed by atoms with Gasteiger partial charge < -0.3 is 20.8 Å². The number of hydrogen-bond donors (Lipinski definition) is 3. The van der Waals surface area contributed by atoms with E-state index in [9.17, 15) is 23.4 Å². The first-order valence-electron chi connectivity index (χ1n) is 9.50. The van der Waals surface area contributed by atoms with Gasteiger partial charge in [0.1, 0.15) is 0 Å². The largest absolute Gasteiger partial charge is 0.416 e. The fourth-order valence-electron chi connectivity index (χ4n) is 3.50. The number of hydrogen-bond acceptors (Lipinski definition) is 6. The number of fused-ring (bicyclic) bond motifs is 1. The van der Waals surface area contributed by atoms with Crippen molar-refractivity contribution in [3.8, 4) is 0 Å². The second kappa shape index (κ2) is 8.49. The van der Waals surface area contributed by atoms with Gasteiger partial charge in [-0.15, -0.1) is 5.10 Å². The third-order valence-corrected chi connectivity index (χ3v) is 5.11. The smallest absolute Gasteiger partial charge is 0.396 e. The Morgan fingerprint density at radius 1 is 1.23 bits per heavy atom. The van der Waals surface area contributed by atoms with Gasteiger partial charge in [0.25, 0.3) is 0 Å². The Kier molecular flexibility index (Phi) is 6.18. The first-order chi connectivity index (χ1) is 14.2. The molecular weight excluding hydrogens is 399 g/mol. The number of benzene rings is 1. The van der Waals surface area contributed by atoms with Crippen LogP contribution in [-0.4, -0.2) is 44.5 Å². The van der Waals surface area contributed by atoms with Gasteiger partial charge in [0, 0.05) is 25.6 Å². The average Bonchev–Trinajstić information content (AvgIpc) is 3.05. The normalized spacial score (nSPS) is 12.0. The number of rotatable bonds is 7. The summed E-state index contributed by atoms with van der Waals surface area (Å²) >= 11 is 0. The number of likely N-dealkylation sites (N-methyl/N-ethyl adjacent to an activating group) is 1. The van der Waals surface area contributed by atoms with Gasteiger partial charge in [-0.2, -0.15) is 13.2 Å². The van der Waals surface area contributed by atoms with Gasteiger partial charge in [-0.05, 0) is 31.0 Å². The molecule has 0 fully saturated rings. The van der Waals surface area contributed by atoms with Gasteiger partial charge in [-0.25, -0.2) is 9.50 Å². The predicted molar refractivity (Wildman–Crippen MR) is 107 cm³/mol. The first kappa shape index (κ1) is 21.8. The molecule has 4 N–H and O–H groups in total. The van der Waals surface area contributed by atoms with E-state index in [1.807, 2.05) is 11.8 Å². The average molecular weight is 423 g/mol. The second-order valence-corrected chi connectivity index (χ2v) is 6.92. The molecule has 0 saturated heterocycles. The van der Waals surface area contributed by atoms with Crippen LogP contribution in [0.5, 0.6) is 0 Å². The van der Waals surface area contributed by atoms with E-state index >= 15 is 0 Å². The quantitative estimate of drug-likeness (QED) is 0.540. The predicted octanol–water partition coefficient (Wildman–Crippen LogP) is 2.54. The number of imidazole rings is 1. The van der Waals surface area contributed by atoms with E-state index in [1.54, 1.807) is 12.1 Å². The highest BCUT2D eigenvalue weighted by Crippen LogP contribution is 2.34. The van der Waals surface area contributed by atoms with E-state index in [-0.39, 0.29) is 18.6 Å². The molecule has 0 aliphatic carbocycles. The lowest BCUT2D eigenvalue weighted by Gasteiger charge is -2.21. The molecule has 0 atom stereocenters. The molecule has 0 spiro atoms. The van der Waals surface area contributed by atoms with Crippen molar-refractivity contribution in [2.75, 3.05) is 30.3 Å². The number of aromatic nitrogens is 3. The molecule has 0 saturated carbocycles. The molecule has 0 aliphatic rings. The Hall–Kier alpha value is -2.85. The Labute approximate surface area is 171 Å². The summed E-state index contributed by atoms with van der Waals surface area (Å²) in [4.78, 5) is 6.15. The number of nitrogens with zero attached hydrogens (tertiary/aromatic N) is 4. The van der Waals surface area contributed by atoms with Gasteiger partial charge in [-0.1, -0.05) is 12.1 Å². The van der Waals surface area contributed by atoms with Crippen molar-refractivity contribution in [1.82, 2.24) is 14.6 Å². The summed E-state index contributed by atoms with van der Waals surface area (Å²) in [5.41, 5.74) is 7.41. The zero-order valence-electron chi connectivity index (χ0n) is 16.7. The molecule has 3 aromatic rings. The second-order valence-electron chi connectivity index (χ2n) is 6.92. The molecule has 2 heterocycles. The van der Waals surface area contributed by atoms with E-state index in [1.165, 1.54) is 17.5 Å². The lowest BCUT2D eigenvalue weighted by Crippen LogP contribution is -2.28. The van der Waals surface area contributed by atoms with Gasteiger partial charge >= 0.3 is 6.18 Å². The van der Waals surface area contributed by atoms with E-state index < -0.39 is 18.3 Å². The number of alkyl halides is 3. The standard InChI is InChI=1S/C20H24F3N5O2/c1-3-27(7-8-29)18-10-15(24)19-25-16(11-30)17(28(19)26-18)9-13-5-4-6-14(12(13)2)20(21,22)23/h4-6,10,29-30H,3,7-9,11,24H2,1-2H3. The van der Waals surface area contributed by atoms with Gasteiger partial charge in [0.05, 0.1) is 35.9 Å². The van der Waals surface area contributed by atoms with Gasteiger partial charge in [0.2, 0.25) is 0 Å². The van der Waals surface area contributed by atoms with Crippen LogP contribution < -0.4 is 10.6 Å². The highest BCUT2D eigenvalue weighted by atomic mass is 19.4. The van der Waals surface area contributed by atoms with Gasteiger partial charge in [-0.3, -0.25) is 0 Å². The molecule has 0 amide bonds. The number of anilines is 2. The Balaban J connectivity index is 2.15. The number of halogens is 3. The van der Waals surface area contributed by atoms with Crippen LogP contribution in [0.1, 0.15) is 35.0 Å². The van der Waals surface area contributed by atoms with Crippen molar-refractivity contribution in [2.24, 2.45) is 0 Å². The van der Waals surface area contributed by atoms with E-state index in [2.05, 4.69) is 10.1 Å². The minimum atomic E-state index is -4.46. The molecule has 0 unspecified atom stereocenters. The first-order valence-corrected chi connectivity index (χ1v) is 9.50. The van der Waals surface area contributed by atoms with Gasteiger partial charge in [0.15, 0.2) is 11.5 Å². The SMILES string of the molecule is CCN(CCO)c1cc(N)c2nc(CO)c(Cc3cccc(C(F)(F)F)c3C)n2n1. The van der Waals surface area contributed by atoms with Crippen LogP contribution in [0.4, 0.5) is 24.7 Å². The van der Waals surface area contributed by atoms with Crippen LogP contribution >= 0.6 is 0 Å². The zero-order valence-corrected chi connectivity index (χ0v) is 16.7.